The van der Waals surface area contributed by atoms with Crippen LogP contribution in [0.1, 0.15) is 32.6 Å². The number of amides is 2. The number of β-amino-alcohol motifs (C(OH)–C–C–N with tert-alkyl or cyclic N) is 1. The van der Waals surface area contributed by atoms with Gasteiger partial charge in [0.2, 0.25) is 11.8 Å². The van der Waals surface area contributed by atoms with Crippen molar-refractivity contribution in [1.82, 2.24) is 20.6 Å². The van der Waals surface area contributed by atoms with E-state index in [0.717, 1.165) is 11.8 Å². The number of rotatable bonds is 20. The van der Waals surface area contributed by atoms with Crippen molar-refractivity contribution >= 4 is 60.4 Å². The highest BCUT2D eigenvalue weighted by Gasteiger charge is 2.36. The van der Waals surface area contributed by atoms with Gasteiger partial charge in [0.1, 0.15) is 53.8 Å². The molecule has 0 aliphatic carbocycles. The number of nitrogens with one attached hydrogen (secondary N) is 5. The summed E-state index contributed by atoms with van der Waals surface area (Å²) in [5.74, 6) is -7.18. The fourth-order valence-electron chi connectivity index (χ4n) is 4.80. The van der Waals surface area contributed by atoms with Gasteiger partial charge in [-0.25, -0.2) is 18.9 Å². The van der Waals surface area contributed by atoms with Gasteiger partial charge in [0, 0.05) is 18.9 Å². The van der Waals surface area contributed by atoms with Crippen LogP contribution in [-0.2, 0) is 37.6 Å². The number of fused-ring (bicyclic) bond motifs is 2. The fraction of sp³-hybridized carbons (Fsp3) is 0.464. The molecule has 2 heterocycles. The van der Waals surface area contributed by atoms with Crippen molar-refractivity contribution in [3.05, 3.63) is 39.0 Å². The molecule has 1 aromatic carbocycles. The van der Waals surface area contributed by atoms with Crippen LogP contribution in [0.4, 0.5) is 22.9 Å². The van der Waals surface area contributed by atoms with Crippen molar-refractivity contribution in [2.24, 2.45) is 0 Å². The summed E-state index contributed by atoms with van der Waals surface area (Å²) in [6, 6.07) is 0.503. The minimum Gasteiger partial charge on any atom is -0.508 e. The molecule has 1 aliphatic heterocycles. The number of hydrogen-bond acceptors (Lipinski definition) is 16. The fourth-order valence-corrected chi connectivity index (χ4v) is 5.70. The highest BCUT2D eigenvalue weighted by Crippen LogP contribution is 2.45. The smallest absolute Gasteiger partial charge is 0.473 e. The minimum atomic E-state index is -5.25. The number of benzene rings is 1. The summed E-state index contributed by atoms with van der Waals surface area (Å²) >= 11 is 0. The van der Waals surface area contributed by atoms with E-state index in [9.17, 15) is 68.6 Å². The summed E-state index contributed by atoms with van der Waals surface area (Å²) in [5, 5.41) is 75.8. The van der Waals surface area contributed by atoms with E-state index in [0.29, 0.717) is 0 Å². The van der Waals surface area contributed by atoms with Crippen LogP contribution in [0.5, 0.6) is 5.75 Å². The molecule has 2 aromatic rings. The third-order valence-corrected chi connectivity index (χ3v) is 8.56. The number of carboxylic acid groups (broad SMARTS) is 3. The molecular formula is C28H37N6O18P. The first-order chi connectivity index (χ1) is 24.7. The molecule has 0 spiro atoms. The van der Waals surface area contributed by atoms with E-state index in [-0.39, 0.29) is 28.6 Å². The van der Waals surface area contributed by atoms with Crippen molar-refractivity contribution in [2.75, 3.05) is 23.4 Å². The van der Waals surface area contributed by atoms with Gasteiger partial charge in [0.15, 0.2) is 0 Å². The second kappa shape index (κ2) is 17.9. The van der Waals surface area contributed by atoms with E-state index < -0.39 is 124 Å². The van der Waals surface area contributed by atoms with Gasteiger partial charge in [-0.2, -0.15) is 0 Å². The van der Waals surface area contributed by atoms with Crippen molar-refractivity contribution < 1.29 is 78.2 Å². The summed E-state index contributed by atoms with van der Waals surface area (Å²) in [5.41, 5.74) is -1.57. The van der Waals surface area contributed by atoms with Crippen molar-refractivity contribution in [3.63, 3.8) is 0 Å². The number of H-pyrrole nitrogens is 2. The predicted octanol–water partition coefficient (Wildman–Crippen LogP) is -2.65. The zero-order valence-corrected chi connectivity index (χ0v) is 28.4. The van der Waals surface area contributed by atoms with E-state index in [1.54, 1.807) is 0 Å². The second-order valence-electron chi connectivity index (χ2n) is 11.5. The summed E-state index contributed by atoms with van der Waals surface area (Å²) in [7, 11) is -5.25. The van der Waals surface area contributed by atoms with Gasteiger partial charge in [-0.1, -0.05) is 0 Å². The van der Waals surface area contributed by atoms with Gasteiger partial charge in [0.05, 0.1) is 24.5 Å². The Hall–Kier alpha value is -5.36. The summed E-state index contributed by atoms with van der Waals surface area (Å²) in [6.45, 7) is -0.897. The molecule has 3 rings (SSSR count). The number of anilines is 4. The van der Waals surface area contributed by atoms with E-state index in [1.807, 2.05) is 15.6 Å². The Morgan fingerprint density at radius 3 is 2.17 bits per heavy atom. The number of phosphoric acid groups is 1. The number of carbonyl (C=O) groups excluding carboxylic acids is 2. The number of phenolic OH excluding ortho intramolecular Hbond substituents is 1. The number of phenols is 1. The first-order valence-electron chi connectivity index (χ1n) is 15.4. The van der Waals surface area contributed by atoms with Gasteiger partial charge < -0.3 is 61.5 Å². The van der Waals surface area contributed by atoms with Crippen molar-refractivity contribution in [1.29, 1.82) is 0 Å². The molecule has 0 bridgehead atoms. The van der Waals surface area contributed by atoms with Gasteiger partial charge >= 0.3 is 31.4 Å². The molecule has 0 radical (unpaired) electrons. The Labute approximate surface area is 296 Å². The summed E-state index contributed by atoms with van der Waals surface area (Å²) in [4.78, 5) is 98.3. The van der Waals surface area contributed by atoms with Crippen LogP contribution in [0.3, 0.4) is 0 Å². The third-order valence-electron chi connectivity index (χ3n) is 7.51. The number of aromatic nitrogens is 2. The molecule has 25 heteroatoms. The number of phosphoric ester groups is 1. The lowest BCUT2D eigenvalue weighted by atomic mass is 10.1. The summed E-state index contributed by atoms with van der Waals surface area (Å²) in [6.07, 6.45) is -10.3. The lowest BCUT2D eigenvalue weighted by Gasteiger charge is -2.35. The van der Waals surface area contributed by atoms with E-state index in [4.69, 9.17) is 10.2 Å². The number of aliphatic carboxylic acids is 3. The number of aromatic amines is 2. The molecule has 1 aliphatic rings. The lowest BCUT2D eigenvalue weighted by molar-refractivity contribution is -0.144. The van der Waals surface area contributed by atoms with Crippen molar-refractivity contribution in [2.45, 2.75) is 69.1 Å². The Balaban J connectivity index is 1.56. The Morgan fingerprint density at radius 2 is 1.55 bits per heavy atom. The second-order valence-corrected chi connectivity index (χ2v) is 12.9. The molecule has 53 heavy (non-hydrogen) atoms. The van der Waals surface area contributed by atoms with Crippen LogP contribution in [0.15, 0.2) is 27.8 Å². The largest absolute Gasteiger partial charge is 0.508 e. The molecule has 292 valence electrons. The number of aliphatic hydroxyl groups excluding tert-OH is 3. The third kappa shape index (κ3) is 11.8. The highest BCUT2D eigenvalue weighted by atomic mass is 31.2. The maximum atomic E-state index is 12.5. The first-order valence-corrected chi connectivity index (χ1v) is 16.9. The number of aliphatic hydroxyl groups is 3. The molecule has 2 amide bonds. The molecule has 0 fully saturated rings. The Morgan fingerprint density at radius 1 is 0.925 bits per heavy atom. The van der Waals surface area contributed by atoms with Crippen LogP contribution in [0, 0.1) is 0 Å². The van der Waals surface area contributed by atoms with E-state index >= 15 is 0 Å². The van der Waals surface area contributed by atoms with Crippen LogP contribution < -0.4 is 32.1 Å². The Bertz CT molecular complexity index is 1870. The standard InChI is InChI=1S/C28H37N6O18P/c1-11(24(42)31-15(27(46)47)4-6-19(38)29-14(26(44)45)5-7-20(39)40)52-53(49,50)51-10-18(37)22(41)17(36)9-34-16-8-12(35)2-3-13(16)30-21-23(34)32-28(48)33-25(21)43/h2-3,8,11,14-15,17-18,22,30,35-37,41H,4-7,9-10H2,1H3,(H,29,38)(H,31,42)(H,39,40)(H,44,45)(H,46,47)(H,49,50)(H2,32,33,43,48)/t11-,14?,15?,17-,18+,22-/m0/s1. The van der Waals surface area contributed by atoms with Crippen molar-refractivity contribution in [3.8, 4) is 5.75 Å². The maximum Gasteiger partial charge on any atom is 0.473 e. The average Bonchev–Trinajstić information content (AvgIpc) is 3.06. The molecular weight excluding hydrogens is 739 g/mol. The number of carboxylic acids is 3. The summed E-state index contributed by atoms with van der Waals surface area (Å²) < 4.78 is 21.8. The average molecular weight is 777 g/mol. The monoisotopic (exact) mass is 776 g/mol. The Kier molecular flexibility index (Phi) is 14.2. The van der Waals surface area contributed by atoms with Crippen LogP contribution in [0.25, 0.3) is 0 Å². The van der Waals surface area contributed by atoms with Crippen LogP contribution >= 0.6 is 7.82 Å². The van der Waals surface area contributed by atoms with Crippen LogP contribution in [-0.4, -0.2) is 130 Å². The van der Waals surface area contributed by atoms with Gasteiger partial charge in [0.25, 0.3) is 5.56 Å². The van der Waals surface area contributed by atoms with E-state index in [1.165, 1.54) is 18.2 Å². The number of aromatic hydroxyl groups is 1. The molecule has 1 aromatic heterocycles. The zero-order valence-electron chi connectivity index (χ0n) is 27.5. The molecule has 24 nitrogen and oxygen atoms in total. The minimum absolute atomic E-state index is 0.129. The first kappa shape index (κ1) is 42.1. The zero-order chi connectivity index (χ0) is 39.8. The molecule has 13 N–H and O–H groups in total. The predicted molar refractivity (Wildman–Crippen MR) is 176 cm³/mol. The maximum absolute atomic E-state index is 12.5. The molecule has 3 unspecified atom stereocenters. The number of nitrogens with zero attached hydrogens (tertiary/aromatic N) is 1. The highest BCUT2D eigenvalue weighted by molar-refractivity contribution is 7.47. The van der Waals surface area contributed by atoms with Gasteiger partial charge in [-0.3, -0.25) is 38.2 Å². The quantitative estimate of drug-likeness (QED) is 0.0482. The van der Waals surface area contributed by atoms with E-state index in [2.05, 4.69) is 19.3 Å². The SMILES string of the molecule is C[C@H](OP(=O)(O)OC[C@@H](O)[C@@H](O)[C@@H](O)CN1c2cc(O)ccc2Nc2c1[nH]c(=O)[nH]c2=O)C(=O)NC(CCC(=O)NC(CCC(=O)O)C(=O)O)C(=O)O. The normalized spacial score (nSPS) is 16.6. The molecule has 0 saturated carbocycles. The lowest BCUT2D eigenvalue weighted by Crippen LogP contribution is -2.47. The van der Waals surface area contributed by atoms with Gasteiger partial charge in [-0.15, -0.1) is 0 Å². The topological polar surface area (TPSA) is 388 Å². The van der Waals surface area contributed by atoms with Crippen LogP contribution in [0.2, 0.25) is 0 Å². The number of carbonyl (C=O) groups is 5. The molecule has 7 atom stereocenters. The number of hydrogen-bond donors (Lipinski definition) is 13. The van der Waals surface area contributed by atoms with Gasteiger partial charge in [-0.05, 0) is 31.9 Å². The molecule has 0 saturated heterocycles.